The molecule has 1 N–H and O–H groups in total. The van der Waals surface area contributed by atoms with Crippen LogP contribution in [0.3, 0.4) is 0 Å². The van der Waals surface area contributed by atoms with Gasteiger partial charge in [-0.15, -0.1) is 11.3 Å². The average molecular weight is 384 g/mol. The third-order valence-electron chi connectivity index (χ3n) is 3.18. The van der Waals surface area contributed by atoms with Crippen LogP contribution in [0.4, 0.5) is 5.69 Å². The highest BCUT2D eigenvalue weighted by Crippen LogP contribution is 2.27. The second kappa shape index (κ2) is 6.84. The van der Waals surface area contributed by atoms with E-state index < -0.39 is 10.0 Å². The molecule has 2 aromatic heterocycles. The molecule has 0 fully saturated rings. The van der Waals surface area contributed by atoms with Gasteiger partial charge in [-0.2, -0.15) is 5.10 Å². The third-order valence-corrected chi connectivity index (χ3v) is 6.28. The summed E-state index contributed by atoms with van der Waals surface area (Å²) in [6.45, 7) is 0.504. The molecule has 2 heterocycles. The number of thiophene rings is 1. The normalized spacial score (nSPS) is 11.4. The number of methoxy groups -OCH3 is 1. The summed E-state index contributed by atoms with van der Waals surface area (Å²) in [6.07, 6.45) is 3.10. The Bertz CT molecular complexity index is 950. The molecule has 0 spiro atoms. The van der Waals surface area contributed by atoms with E-state index in [1.807, 2.05) is 24.3 Å². The molecular weight excluding hydrogens is 370 g/mol. The van der Waals surface area contributed by atoms with Crippen molar-refractivity contribution in [2.24, 2.45) is 0 Å². The molecule has 0 amide bonds. The molecule has 3 rings (SSSR count). The Balaban J connectivity index is 1.73. The number of ether oxygens (including phenoxy) is 1. The number of anilines is 1. The van der Waals surface area contributed by atoms with Crippen molar-refractivity contribution in [1.29, 1.82) is 0 Å². The molecule has 3 aromatic rings. The van der Waals surface area contributed by atoms with Crippen LogP contribution in [0.2, 0.25) is 4.34 Å². The monoisotopic (exact) mass is 383 g/mol. The van der Waals surface area contributed by atoms with E-state index >= 15 is 0 Å². The van der Waals surface area contributed by atoms with E-state index in [0.29, 0.717) is 16.6 Å². The largest absolute Gasteiger partial charge is 0.497 e. The first kappa shape index (κ1) is 16.8. The van der Waals surface area contributed by atoms with Gasteiger partial charge in [0.1, 0.15) is 9.96 Å². The summed E-state index contributed by atoms with van der Waals surface area (Å²) in [5.74, 6) is 0.759. The van der Waals surface area contributed by atoms with Gasteiger partial charge in [0.15, 0.2) is 0 Å². The number of nitrogens with zero attached hydrogens (tertiary/aromatic N) is 2. The molecule has 24 heavy (non-hydrogen) atoms. The highest BCUT2D eigenvalue weighted by Gasteiger charge is 2.17. The second-order valence-electron chi connectivity index (χ2n) is 4.94. The van der Waals surface area contributed by atoms with E-state index in [1.54, 1.807) is 24.1 Å². The minimum atomic E-state index is -3.65. The maximum atomic E-state index is 12.3. The zero-order chi connectivity index (χ0) is 17.2. The highest BCUT2D eigenvalue weighted by atomic mass is 35.5. The number of benzene rings is 1. The van der Waals surface area contributed by atoms with Crippen molar-refractivity contribution in [3.8, 4) is 5.75 Å². The molecule has 9 heteroatoms. The molecule has 0 aliphatic heterocycles. The smallest absolute Gasteiger partial charge is 0.271 e. The number of nitrogens with one attached hydrogen (secondary N) is 1. The Morgan fingerprint density at radius 1 is 1.33 bits per heavy atom. The number of hydrogen-bond donors (Lipinski definition) is 1. The van der Waals surface area contributed by atoms with E-state index in [2.05, 4.69) is 9.82 Å². The van der Waals surface area contributed by atoms with Crippen LogP contribution in [-0.2, 0) is 16.6 Å². The van der Waals surface area contributed by atoms with Crippen LogP contribution in [0.1, 0.15) is 5.56 Å². The summed E-state index contributed by atoms with van der Waals surface area (Å²) in [5.41, 5.74) is 1.39. The number of rotatable bonds is 6. The van der Waals surface area contributed by atoms with E-state index in [9.17, 15) is 8.42 Å². The maximum absolute atomic E-state index is 12.3. The molecule has 6 nitrogen and oxygen atoms in total. The lowest BCUT2D eigenvalue weighted by molar-refractivity contribution is 0.414. The maximum Gasteiger partial charge on any atom is 0.271 e. The van der Waals surface area contributed by atoms with Gasteiger partial charge in [0.25, 0.3) is 10.0 Å². The van der Waals surface area contributed by atoms with E-state index in [-0.39, 0.29) is 4.21 Å². The Hall–Kier alpha value is -2.03. The van der Waals surface area contributed by atoms with Gasteiger partial charge < -0.3 is 4.74 Å². The summed E-state index contributed by atoms with van der Waals surface area (Å²) in [6, 6.07) is 10.6. The molecule has 126 valence electrons. The summed E-state index contributed by atoms with van der Waals surface area (Å²) >= 11 is 6.79. The molecular formula is C15H14ClN3O3S2. The predicted octanol–water partition coefficient (Wildman–Crippen LogP) is 3.46. The van der Waals surface area contributed by atoms with Crippen LogP contribution in [0.15, 0.2) is 53.0 Å². The fraction of sp³-hybridized carbons (Fsp3) is 0.133. The van der Waals surface area contributed by atoms with Gasteiger partial charge >= 0.3 is 0 Å². The molecule has 0 aliphatic carbocycles. The van der Waals surface area contributed by atoms with Crippen molar-refractivity contribution in [3.05, 3.63) is 58.7 Å². The van der Waals surface area contributed by atoms with Crippen molar-refractivity contribution in [3.63, 3.8) is 0 Å². The molecule has 0 unspecified atom stereocenters. The first-order chi connectivity index (χ1) is 11.5. The zero-order valence-corrected chi connectivity index (χ0v) is 15.0. The minimum absolute atomic E-state index is 0.160. The predicted molar refractivity (Wildman–Crippen MR) is 94.5 cm³/mol. The van der Waals surface area contributed by atoms with E-state index in [4.69, 9.17) is 16.3 Å². The van der Waals surface area contributed by atoms with Gasteiger partial charge in [0.05, 0.1) is 29.9 Å². The molecule has 0 atom stereocenters. The lowest BCUT2D eigenvalue weighted by Crippen LogP contribution is -2.10. The summed E-state index contributed by atoms with van der Waals surface area (Å²) in [7, 11) is -2.04. The summed E-state index contributed by atoms with van der Waals surface area (Å²) in [5, 5.41) is 4.18. The zero-order valence-electron chi connectivity index (χ0n) is 12.6. The standard InChI is InChI=1S/C15H14ClN3O3S2/c1-22-13-4-2-3-11(7-13)9-19-10-12(8-17-19)18-24(20,21)15-6-5-14(16)23-15/h2-8,10,18H,9H2,1H3. The van der Waals surface area contributed by atoms with Crippen molar-refractivity contribution >= 4 is 38.6 Å². The minimum Gasteiger partial charge on any atom is -0.497 e. The van der Waals surface area contributed by atoms with Crippen molar-refractivity contribution in [1.82, 2.24) is 9.78 Å². The Kier molecular flexibility index (Phi) is 4.79. The lowest BCUT2D eigenvalue weighted by atomic mass is 10.2. The molecule has 0 aliphatic rings. The molecule has 0 saturated carbocycles. The van der Waals surface area contributed by atoms with Crippen LogP contribution in [0.5, 0.6) is 5.75 Å². The molecule has 0 saturated heterocycles. The van der Waals surface area contributed by atoms with Gasteiger partial charge in [-0.3, -0.25) is 9.40 Å². The topological polar surface area (TPSA) is 73.2 Å². The van der Waals surface area contributed by atoms with Crippen LogP contribution in [0.25, 0.3) is 0 Å². The van der Waals surface area contributed by atoms with Crippen molar-refractivity contribution in [2.75, 3.05) is 11.8 Å². The SMILES string of the molecule is COc1cccc(Cn2cc(NS(=O)(=O)c3ccc(Cl)s3)cn2)c1. The van der Waals surface area contributed by atoms with Gasteiger partial charge in [0.2, 0.25) is 0 Å². The quantitative estimate of drug-likeness (QED) is 0.707. The lowest BCUT2D eigenvalue weighted by Gasteiger charge is -2.05. The first-order valence-electron chi connectivity index (χ1n) is 6.90. The average Bonchev–Trinajstić information content (AvgIpc) is 3.16. The van der Waals surface area contributed by atoms with Crippen molar-refractivity contribution < 1.29 is 13.2 Å². The molecule has 0 radical (unpaired) electrons. The summed E-state index contributed by atoms with van der Waals surface area (Å²) < 4.78 is 34.4. The van der Waals surface area contributed by atoms with Gasteiger partial charge in [-0.05, 0) is 29.8 Å². The van der Waals surface area contributed by atoms with Gasteiger partial charge in [0, 0.05) is 6.20 Å². The first-order valence-corrected chi connectivity index (χ1v) is 9.57. The van der Waals surface area contributed by atoms with Gasteiger partial charge in [-0.1, -0.05) is 23.7 Å². The van der Waals surface area contributed by atoms with Gasteiger partial charge in [-0.25, -0.2) is 8.42 Å². The Labute approximate surface area is 148 Å². The molecule has 0 bridgehead atoms. The number of hydrogen-bond acceptors (Lipinski definition) is 5. The fourth-order valence-corrected chi connectivity index (χ4v) is 4.62. The summed E-state index contributed by atoms with van der Waals surface area (Å²) in [4.78, 5) is 0. The highest BCUT2D eigenvalue weighted by molar-refractivity contribution is 7.94. The van der Waals surface area contributed by atoms with Crippen LogP contribution in [-0.4, -0.2) is 25.3 Å². The number of sulfonamides is 1. The van der Waals surface area contributed by atoms with Crippen molar-refractivity contribution in [2.45, 2.75) is 10.8 Å². The number of halogens is 1. The Morgan fingerprint density at radius 3 is 2.88 bits per heavy atom. The van der Waals surface area contributed by atoms with Crippen LogP contribution in [0, 0.1) is 0 Å². The number of aromatic nitrogens is 2. The van der Waals surface area contributed by atoms with E-state index in [1.165, 1.54) is 12.3 Å². The second-order valence-corrected chi connectivity index (χ2v) is 8.57. The molecule has 1 aromatic carbocycles. The fourth-order valence-electron chi connectivity index (χ4n) is 2.11. The van der Waals surface area contributed by atoms with Crippen LogP contribution >= 0.6 is 22.9 Å². The third kappa shape index (κ3) is 3.89. The van der Waals surface area contributed by atoms with E-state index in [0.717, 1.165) is 22.6 Å². The van der Waals surface area contributed by atoms with Crippen LogP contribution < -0.4 is 9.46 Å². The Morgan fingerprint density at radius 2 is 2.17 bits per heavy atom.